The quantitative estimate of drug-likeness (QED) is 0.831. The van der Waals surface area contributed by atoms with Gasteiger partial charge in [-0.1, -0.05) is 13.3 Å². The molecule has 1 aromatic rings. The Morgan fingerprint density at radius 2 is 2.17 bits per heavy atom. The minimum absolute atomic E-state index is 0.00354. The van der Waals surface area contributed by atoms with Gasteiger partial charge in [-0.3, -0.25) is 4.68 Å². The molecule has 2 heterocycles. The average Bonchev–Trinajstić information content (AvgIpc) is 2.83. The third-order valence-corrected chi connectivity index (χ3v) is 3.86. The second-order valence-electron chi connectivity index (χ2n) is 6.15. The maximum absolute atomic E-state index is 12.2. The summed E-state index contributed by atoms with van der Waals surface area (Å²) in [4.78, 5) is 27.1. The Labute approximate surface area is 142 Å². The number of hydrogen-bond donors (Lipinski definition) is 1. The van der Waals surface area contributed by atoms with Gasteiger partial charge in [0, 0.05) is 27.2 Å². The van der Waals surface area contributed by atoms with Crippen LogP contribution in [-0.2, 0) is 24.4 Å². The summed E-state index contributed by atoms with van der Waals surface area (Å²) in [5, 5.41) is 7.22. The van der Waals surface area contributed by atoms with Crippen LogP contribution in [0.5, 0.6) is 0 Å². The number of aryl methyl sites for hydroxylation is 1. The van der Waals surface area contributed by atoms with E-state index in [1.807, 2.05) is 22.6 Å². The van der Waals surface area contributed by atoms with Crippen LogP contribution in [0.2, 0.25) is 0 Å². The van der Waals surface area contributed by atoms with Gasteiger partial charge in [-0.2, -0.15) is 5.10 Å². The number of nitrogens with zero attached hydrogens (tertiary/aromatic N) is 4. The average molecular weight is 337 g/mol. The van der Waals surface area contributed by atoms with Crippen LogP contribution in [0.1, 0.15) is 37.6 Å². The second-order valence-corrected chi connectivity index (χ2v) is 6.15. The van der Waals surface area contributed by atoms with Crippen LogP contribution >= 0.6 is 0 Å². The number of amides is 3. The van der Waals surface area contributed by atoms with Crippen LogP contribution < -0.4 is 5.32 Å². The molecule has 1 aliphatic rings. The third kappa shape index (κ3) is 4.87. The molecule has 1 aromatic heterocycles. The lowest BCUT2D eigenvalue weighted by Gasteiger charge is -2.23. The molecule has 0 saturated heterocycles. The highest BCUT2D eigenvalue weighted by molar-refractivity contribution is 5.73. The molecule has 0 unspecified atom stereocenters. The predicted octanol–water partition coefficient (Wildman–Crippen LogP) is 1.80. The summed E-state index contributed by atoms with van der Waals surface area (Å²) in [5.41, 5.74) is 1.76. The van der Waals surface area contributed by atoms with Crippen molar-refractivity contribution in [1.82, 2.24) is 24.9 Å². The smallest absolute Gasteiger partial charge is 0.407 e. The fraction of sp³-hybridized carbons (Fsp3) is 0.688. The Morgan fingerprint density at radius 3 is 2.88 bits per heavy atom. The van der Waals surface area contributed by atoms with Gasteiger partial charge >= 0.3 is 12.1 Å². The summed E-state index contributed by atoms with van der Waals surface area (Å²) < 4.78 is 6.98. The van der Waals surface area contributed by atoms with Crippen molar-refractivity contribution in [2.24, 2.45) is 0 Å². The van der Waals surface area contributed by atoms with E-state index in [2.05, 4.69) is 10.4 Å². The Hall–Kier alpha value is -2.25. The zero-order chi connectivity index (χ0) is 17.5. The van der Waals surface area contributed by atoms with Gasteiger partial charge < -0.3 is 19.9 Å². The fourth-order valence-corrected chi connectivity index (χ4v) is 2.58. The molecule has 0 atom stereocenters. The van der Waals surface area contributed by atoms with E-state index in [0.29, 0.717) is 19.7 Å². The molecule has 0 spiro atoms. The molecule has 1 N–H and O–H groups in total. The summed E-state index contributed by atoms with van der Waals surface area (Å²) in [7, 11) is 3.51. The summed E-state index contributed by atoms with van der Waals surface area (Å²) in [5.74, 6) is 0. The number of aromatic nitrogens is 2. The molecule has 134 valence electrons. The zero-order valence-electron chi connectivity index (χ0n) is 14.7. The minimum atomic E-state index is -0.420. The first-order chi connectivity index (χ1) is 11.5. The van der Waals surface area contributed by atoms with Crippen molar-refractivity contribution in [2.45, 2.75) is 45.8 Å². The highest BCUT2D eigenvalue weighted by atomic mass is 16.5. The molecule has 0 fully saturated rings. The zero-order valence-corrected chi connectivity index (χ0v) is 14.7. The van der Waals surface area contributed by atoms with E-state index in [-0.39, 0.29) is 6.03 Å². The van der Waals surface area contributed by atoms with E-state index in [1.54, 1.807) is 19.0 Å². The molecular formula is C16H27N5O3. The van der Waals surface area contributed by atoms with Crippen molar-refractivity contribution in [3.8, 4) is 0 Å². The van der Waals surface area contributed by atoms with Crippen molar-refractivity contribution in [3.63, 3.8) is 0 Å². The van der Waals surface area contributed by atoms with Gasteiger partial charge in [0.25, 0.3) is 0 Å². The normalized spacial score (nSPS) is 13.9. The Kier molecular flexibility index (Phi) is 6.45. The minimum Gasteiger partial charge on any atom is -0.450 e. The largest absolute Gasteiger partial charge is 0.450 e. The molecular weight excluding hydrogens is 310 g/mol. The number of fused-ring (bicyclic) bond motifs is 1. The van der Waals surface area contributed by atoms with Gasteiger partial charge in [0.05, 0.1) is 31.1 Å². The van der Waals surface area contributed by atoms with E-state index >= 15 is 0 Å². The monoisotopic (exact) mass is 337 g/mol. The summed E-state index contributed by atoms with van der Waals surface area (Å²) in [6, 6.07) is 1.94. The molecule has 2 rings (SSSR count). The highest BCUT2D eigenvalue weighted by Crippen LogP contribution is 2.15. The number of carbonyl (C=O) groups is 2. The lowest BCUT2D eigenvalue weighted by molar-refractivity contribution is 0.144. The first-order valence-electron chi connectivity index (χ1n) is 8.43. The van der Waals surface area contributed by atoms with Crippen molar-refractivity contribution >= 4 is 12.1 Å². The van der Waals surface area contributed by atoms with Gasteiger partial charge in [0.1, 0.15) is 0 Å². The van der Waals surface area contributed by atoms with Gasteiger partial charge in [-0.15, -0.1) is 0 Å². The molecule has 0 aliphatic carbocycles. The van der Waals surface area contributed by atoms with Gasteiger partial charge in [0.15, 0.2) is 0 Å². The number of rotatable bonds is 5. The van der Waals surface area contributed by atoms with E-state index in [1.165, 1.54) is 0 Å². The molecule has 8 heteroatoms. The van der Waals surface area contributed by atoms with Crippen LogP contribution in [0.3, 0.4) is 0 Å². The van der Waals surface area contributed by atoms with Crippen LogP contribution in [0.15, 0.2) is 6.07 Å². The Balaban J connectivity index is 1.91. The standard InChI is InChI=1S/C16H27N5O3/c1-4-5-9-24-15(22)17-11-13-10-14-12-20(16(23)19(2)3)7-6-8-21(14)18-13/h10H,4-9,11-12H2,1-3H3,(H,17,22). The Bertz CT molecular complexity index is 570. The van der Waals surface area contributed by atoms with Crippen molar-refractivity contribution < 1.29 is 14.3 Å². The molecule has 0 radical (unpaired) electrons. The number of carbonyl (C=O) groups excluding carboxylic acids is 2. The SMILES string of the molecule is CCCCOC(=O)NCc1cc2n(n1)CCCN(C(=O)N(C)C)C2. The van der Waals surface area contributed by atoms with E-state index in [9.17, 15) is 9.59 Å². The Morgan fingerprint density at radius 1 is 1.38 bits per heavy atom. The predicted molar refractivity (Wildman–Crippen MR) is 89.4 cm³/mol. The van der Waals surface area contributed by atoms with Crippen LogP contribution in [0, 0.1) is 0 Å². The van der Waals surface area contributed by atoms with Crippen LogP contribution in [0.4, 0.5) is 9.59 Å². The molecule has 3 amide bonds. The topological polar surface area (TPSA) is 79.7 Å². The fourth-order valence-electron chi connectivity index (χ4n) is 2.58. The number of unbranched alkanes of at least 4 members (excludes halogenated alkanes) is 1. The number of hydrogen-bond acceptors (Lipinski definition) is 4. The molecule has 8 nitrogen and oxygen atoms in total. The lowest BCUT2D eigenvalue weighted by Crippen LogP contribution is -2.38. The highest BCUT2D eigenvalue weighted by Gasteiger charge is 2.21. The number of nitrogens with one attached hydrogen (secondary N) is 1. The molecule has 0 aromatic carbocycles. The first kappa shape index (κ1) is 18.1. The molecule has 24 heavy (non-hydrogen) atoms. The number of urea groups is 1. The molecule has 1 aliphatic heterocycles. The summed E-state index contributed by atoms with van der Waals surface area (Å²) >= 11 is 0. The maximum Gasteiger partial charge on any atom is 0.407 e. The van der Waals surface area contributed by atoms with Crippen LogP contribution in [0.25, 0.3) is 0 Å². The maximum atomic E-state index is 12.2. The van der Waals surface area contributed by atoms with E-state index < -0.39 is 6.09 Å². The van der Waals surface area contributed by atoms with Gasteiger partial charge in [-0.25, -0.2) is 9.59 Å². The summed E-state index contributed by atoms with van der Waals surface area (Å²) in [6.45, 7) is 4.83. The van der Waals surface area contributed by atoms with Gasteiger partial charge in [-0.05, 0) is 18.9 Å². The second kappa shape index (κ2) is 8.56. The van der Waals surface area contributed by atoms with Crippen LogP contribution in [-0.4, -0.2) is 59.0 Å². The van der Waals surface area contributed by atoms with E-state index in [0.717, 1.165) is 43.7 Å². The van der Waals surface area contributed by atoms with Crippen molar-refractivity contribution in [2.75, 3.05) is 27.2 Å². The molecule has 0 bridgehead atoms. The van der Waals surface area contributed by atoms with Crippen molar-refractivity contribution in [1.29, 1.82) is 0 Å². The molecule has 0 saturated carbocycles. The van der Waals surface area contributed by atoms with E-state index in [4.69, 9.17) is 4.74 Å². The first-order valence-corrected chi connectivity index (χ1v) is 8.43. The third-order valence-electron chi connectivity index (χ3n) is 3.86. The number of ether oxygens (including phenoxy) is 1. The summed E-state index contributed by atoms with van der Waals surface area (Å²) in [6.07, 6.45) is 2.29. The van der Waals surface area contributed by atoms with Crippen molar-refractivity contribution in [3.05, 3.63) is 17.5 Å². The van der Waals surface area contributed by atoms with Gasteiger partial charge in [0.2, 0.25) is 0 Å². The number of alkyl carbamates (subject to hydrolysis) is 1. The lowest BCUT2D eigenvalue weighted by atomic mass is 10.3.